The molecule has 1 aromatic rings. The molecule has 1 aromatic heterocycles. The zero-order valence-corrected chi connectivity index (χ0v) is 11.6. The fraction of sp³-hybridized carbons (Fsp3) is 0.615. The first-order valence-corrected chi connectivity index (χ1v) is 6.76. The molecule has 0 bridgehead atoms. The SMILES string of the molecule is Cn1cc(CCNC(=O)N2CCC(CC(=O)O)C2)cn1. The topological polar surface area (TPSA) is 87.5 Å². The molecule has 0 aliphatic carbocycles. The van der Waals surface area contributed by atoms with Crippen molar-refractivity contribution in [2.75, 3.05) is 19.6 Å². The lowest BCUT2D eigenvalue weighted by atomic mass is 10.1. The van der Waals surface area contributed by atoms with Crippen LogP contribution in [0.15, 0.2) is 12.4 Å². The molecule has 2 rings (SSSR count). The highest BCUT2D eigenvalue weighted by atomic mass is 16.4. The largest absolute Gasteiger partial charge is 0.481 e. The lowest BCUT2D eigenvalue weighted by Gasteiger charge is -2.16. The molecule has 7 nitrogen and oxygen atoms in total. The molecule has 1 fully saturated rings. The van der Waals surface area contributed by atoms with E-state index >= 15 is 0 Å². The van der Waals surface area contributed by atoms with E-state index in [0.717, 1.165) is 18.4 Å². The maximum Gasteiger partial charge on any atom is 0.317 e. The Kier molecular flexibility index (Phi) is 4.60. The molecular weight excluding hydrogens is 260 g/mol. The Morgan fingerprint density at radius 3 is 3.00 bits per heavy atom. The summed E-state index contributed by atoms with van der Waals surface area (Å²) in [4.78, 5) is 24.2. The molecule has 20 heavy (non-hydrogen) atoms. The Balaban J connectivity index is 1.69. The number of likely N-dealkylation sites (tertiary alicyclic amines) is 1. The van der Waals surface area contributed by atoms with Crippen molar-refractivity contribution in [3.63, 3.8) is 0 Å². The number of hydrogen-bond donors (Lipinski definition) is 2. The number of rotatable bonds is 5. The van der Waals surface area contributed by atoms with Gasteiger partial charge in [0.05, 0.1) is 6.20 Å². The van der Waals surface area contributed by atoms with Gasteiger partial charge in [-0.15, -0.1) is 0 Å². The number of carboxylic acids is 1. The summed E-state index contributed by atoms with van der Waals surface area (Å²) in [6.45, 7) is 1.73. The van der Waals surface area contributed by atoms with E-state index in [9.17, 15) is 9.59 Å². The van der Waals surface area contributed by atoms with Gasteiger partial charge in [0.1, 0.15) is 0 Å². The van der Waals surface area contributed by atoms with Crippen LogP contribution >= 0.6 is 0 Å². The quantitative estimate of drug-likeness (QED) is 0.820. The molecule has 1 aliphatic rings. The molecule has 0 radical (unpaired) electrons. The molecule has 1 saturated heterocycles. The number of carbonyl (C=O) groups is 2. The molecule has 0 spiro atoms. The van der Waals surface area contributed by atoms with Crippen LogP contribution in [0.25, 0.3) is 0 Å². The van der Waals surface area contributed by atoms with Gasteiger partial charge in [-0.3, -0.25) is 9.48 Å². The average Bonchev–Trinajstić information content (AvgIpc) is 2.98. The van der Waals surface area contributed by atoms with Crippen LogP contribution in [0.4, 0.5) is 4.79 Å². The summed E-state index contributed by atoms with van der Waals surface area (Å²) >= 11 is 0. The van der Waals surface area contributed by atoms with Gasteiger partial charge in [0.25, 0.3) is 0 Å². The fourth-order valence-corrected chi connectivity index (χ4v) is 2.46. The molecule has 2 N–H and O–H groups in total. The highest BCUT2D eigenvalue weighted by Gasteiger charge is 2.27. The predicted molar refractivity (Wildman–Crippen MR) is 72.2 cm³/mol. The number of nitrogens with one attached hydrogen (secondary N) is 1. The van der Waals surface area contributed by atoms with Crippen molar-refractivity contribution in [2.45, 2.75) is 19.3 Å². The molecular formula is C13H20N4O3. The van der Waals surface area contributed by atoms with Crippen molar-refractivity contribution in [1.29, 1.82) is 0 Å². The molecule has 0 saturated carbocycles. The first kappa shape index (κ1) is 14.4. The number of aryl methyl sites for hydroxylation is 1. The Hall–Kier alpha value is -2.05. The number of carboxylic acid groups (broad SMARTS) is 1. The van der Waals surface area contributed by atoms with Crippen LogP contribution in [0.3, 0.4) is 0 Å². The molecule has 7 heteroatoms. The number of aromatic nitrogens is 2. The zero-order chi connectivity index (χ0) is 14.5. The Labute approximate surface area is 117 Å². The molecule has 110 valence electrons. The van der Waals surface area contributed by atoms with Crippen LogP contribution in [-0.4, -0.2) is 51.4 Å². The van der Waals surface area contributed by atoms with E-state index in [1.807, 2.05) is 13.2 Å². The Bertz CT molecular complexity index is 486. The predicted octanol–water partition coefficient (Wildman–Crippen LogP) is 0.469. The van der Waals surface area contributed by atoms with E-state index in [0.29, 0.717) is 19.6 Å². The van der Waals surface area contributed by atoms with Crippen molar-refractivity contribution >= 4 is 12.0 Å². The second-order valence-corrected chi connectivity index (χ2v) is 5.20. The maximum atomic E-state index is 11.9. The number of carbonyl (C=O) groups excluding carboxylic acids is 1. The molecule has 2 heterocycles. The number of nitrogens with zero attached hydrogens (tertiary/aromatic N) is 3. The van der Waals surface area contributed by atoms with Gasteiger partial charge in [0.15, 0.2) is 0 Å². The van der Waals surface area contributed by atoms with Gasteiger partial charge < -0.3 is 15.3 Å². The summed E-state index contributed by atoms with van der Waals surface area (Å²) in [5, 5.41) is 15.7. The Morgan fingerprint density at radius 2 is 2.35 bits per heavy atom. The van der Waals surface area contributed by atoms with Crippen LogP contribution in [0.2, 0.25) is 0 Å². The fourth-order valence-electron chi connectivity index (χ4n) is 2.46. The molecule has 0 aromatic carbocycles. The first-order chi connectivity index (χ1) is 9.54. The normalized spacial score (nSPS) is 18.2. The van der Waals surface area contributed by atoms with E-state index in [1.54, 1.807) is 15.8 Å². The molecule has 1 atom stereocenters. The standard InChI is InChI=1S/C13H20N4O3/c1-16-8-11(7-15-16)2-4-14-13(20)17-5-3-10(9-17)6-12(18)19/h7-8,10H,2-6,9H2,1H3,(H,14,20)(H,18,19). The van der Waals surface area contributed by atoms with Crippen LogP contribution in [0, 0.1) is 5.92 Å². The Morgan fingerprint density at radius 1 is 1.55 bits per heavy atom. The van der Waals surface area contributed by atoms with Crippen LogP contribution in [0.5, 0.6) is 0 Å². The van der Waals surface area contributed by atoms with E-state index in [1.165, 1.54) is 0 Å². The van der Waals surface area contributed by atoms with Gasteiger partial charge in [0.2, 0.25) is 0 Å². The zero-order valence-electron chi connectivity index (χ0n) is 11.6. The van der Waals surface area contributed by atoms with Crippen LogP contribution < -0.4 is 5.32 Å². The second-order valence-electron chi connectivity index (χ2n) is 5.20. The first-order valence-electron chi connectivity index (χ1n) is 6.76. The van der Waals surface area contributed by atoms with Gasteiger partial charge in [-0.1, -0.05) is 0 Å². The van der Waals surface area contributed by atoms with Crippen molar-refractivity contribution < 1.29 is 14.7 Å². The van der Waals surface area contributed by atoms with E-state index in [2.05, 4.69) is 10.4 Å². The van der Waals surface area contributed by atoms with Crippen molar-refractivity contribution in [3.05, 3.63) is 18.0 Å². The molecule has 1 aliphatic heterocycles. The van der Waals surface area contributed by atoms with Gasteiger partial charge in [0, 0.05) is 39.3 Å². The third kappa shape index (κ3) is 3.97. The minimum absolute atomic E-state index is 0.0802. The van der Waals surface area contributed by atoms with Gasteiger partial charge >= 0.3 is 12.0 Å². The molecule has 2 amide bonds. The highest BCUT2D eigenvalue weighted by Crippen LogP contribution is 2.19. The summed E-state index contributed by atoms with van der Waals surface area (Å²) in [6, 6.07) is -0.109. The smallest absolute Gasteiger partial charge is 0.317 e. The highest BCUT2D eigenvalue weighted by molar-refractivity contribution is 5.74. The number of amides is 2. The lowest BCUT2D eigenvalue weighted by molar-refractivity contribution is -0.138. The van der Waals surface area contributed by atoms with Gasteiger partial charge in [-0.2, -0.15) is 5.10 Å². The summed E-state index contributed by atoms with van der Waals surface area (Å²) in [5.74, 6) is -0.717. The maximum absolute atomic E-state index is 11.9. The van der Waals surface area contributed by atoms with Gasteiger partial charge in [-0.25, -0.2) is 4.79 Å². The van der Waals surface area contributed by atoms with Crippen LogP contribution in [0.1, 0.15) is 18.4 Å². The van der Waals surface area contributed by atoms with Crippen molar-refractivity contribution in [1.82, 2.24) is 20.0 Å². The lowest BCUT2D eigenvalue weighted by Crippen LogP contribution is -2.39. The van der Waals surface area contributed by atoms with E-state index in [-0.39, 0.29) is 18.4 Å². The average molecular weight is 280 g/mol. The number of hydrogen-bond acceptors (Lipinski definition) is 3. The summed E-state index contributed by atoms with van der Waals surface area (Å²) in [7, 11) is 1.86. The molecule has 1 unspecified atom stereocenters. The summed E-state index contributed by atoms with van der Waals surface area (Å²) < 4.78 is 1.73. The minimum atomic E-state index is -0.797. The number of urea groups is 1. The third-order valence-corrected chi connectivity index (χ3v) is 3.48. The summed E-state index contributed by atoms with van der Waals surface area (Å²) in [5.41, 5.74) is 1.08. The van der Waals surface area contributed by atoms with Crippen LogP contribution in [-0.2, 0) is 18.3 Å². The van der Waals surface area contributed by atoms with Crippen molar-refractivity contribution in [3.8, 4) is 0 Å². The van der Waals surface area contributed by atoms with Gasteiger partial charge in [-0.05, 0) is 24.3 Å². The third-order valence-electron chi connectivity index (χ3n) is 3.48. The summed E-state index contributed by atoms with van der Waals surface area (Å²) in [6.07, 6.45) is 5.35. The van der Waals surface area contributed by atoms with Crippen molar-refractivity contribution in [2.24, 2.45) is 13.0 Å². The number of aliphatic carboxylic acids is 1. The van der Waals surface area contributed by atoms with E-state index in [4.69, 9.17) is 5.11 Å². The second kappa shape index (κ2) is 6.40. The minimum Gasteiger partial charge on any atom is -0.481 e. The monoisotopic (exact) mass is 280 g/mol. The van der Waals surface area contributed by atoms with E-state index < -0.39 is 5.97 Å².